The van der Waals surface area contributed by atoms with Gasteiger partial charge in [0.15, 0.2) is 0 Å². The molecule has 0 bridgehead atoms. The van der Waals surface area contributed by atoms with E-state index < -0.39 is 0 Å². The van der Waals surface area contributed by atoms with Crippen LogP contribution in [0.5, 0.6) is 0 Å². The van der Waals surface area contributed by atoms with Crippen LogP contribution in [0.1, 0.15) is 36.6 Å². The summed E-state index contributed by atoms with van der Waals surface area (Å²) >= 11 is 0. The fourth-order valence-electron chi connectivity index (χ4n) is 1.87. The molecule has 0 amide bonds. The number of pyridine rings is 1. The van der Waals surface area contributed by atoms with Crippen LogP contribution in [0.15, 0.2) is 18.3 Å². The first kappa shape index (κ1) is 8.70. The van der Waals surface area contributed by atoms with Crippen molar-refractivity contribution in [2.45, 2.75) is 32.2 Å². The van der Waals surface area contributed by atoms with Crippen molar-refractivity contribution in [1.29, 1.82) is 0 Å². The average molecular weight is 176 g/mol. The number of aryl methyl sites for hydroxylation is 1. The van der Waals surface area contributed by atoms with Gasteiger partial charge in [-0.1, -0.05) is 12.5 Å². The van der Waals surface area contributed by atoms with Crippen molar-refractivity contribution >= 4 is 0 Å². The summed E-state index contributed by atoms with van der Waals surface area (Å²) in [5.74, 6) is 0.675. The Kier molecular flexibility index (Phi) is 2.32. The Morgan fingerprint density at radius 3 is 2.85 bits per heavy atom. The highest BCUT2D eigenvalue weighted by molar-refractivity contribution is 5.21. The summed E-state index contributed by atoms with van der Waals surface area (Å²) in [6, 6.07) is 4.21. The van der Waals surface area contributed by atoms with Gasteiger partial charge < -0.3 is 5.73 Å². The number of hydrogen-bond donors (Lipinski definition) is 1. The lowest BCUT2D eigenvalue weighted by molar-refractivity contribution is 0.260. The average Bonchev–Trinajstić information content (AvgIpc) is 2.01. The van der Waals surface area contributed by atoms with Crippen molar-refractivity contribution < 1.29 is 0 Å². The first-order valence-electron chi connectivity index (χ1n) is 4.96. The van der Waals surface area contributed by atoms with Crippen LogP contribution in [0.2, 0.25) is 0 Å². The molecular formula is C11H16N2. The molecule has 2 heteroatoms. The van der Waals surface area contributed by atoms with E-state index in [-0.39, 0.29) is 6.04 Å². The third kappa shape index (κ3) is 1.59. The van der Waals surface area contributed by atoms with Gasteiger partial charge in [-0.05, 0) is 37.3 Å². The maximum absolute atomic E-state index is 6.14. The summed E-state index contributed by atoms with van der Waals surface area (Å²) in [7, 11) is 0. The number of hydrogen-bond acceptors (Lipinski definition) is 2. The Morgan fingerprint density at radius 2 is 2.31 bits per heavy atom. The van der Waals surface area contributed by atoms with E-state index >= 15 is 0 Å². The quantitative estimate of drug-likeness (QED) is 0.750. The highest BCUT2D eigenvalue weighted by atomic mass is 14.8. The van der Waals surface area contributed by atoms with Crippen LogP contribution in [0.25, 0.3) is 0 Å². The van der Waals surface area contributed by atoms with Crippen LogP contribution in [-0.2, 0) is 0 Å². The van der Waals surface area contributed by atoms with Gasteiger partial charge >= 0.3 is 0 Å². The summed E-state index contributed by atoms with van der Waals surface area (Å²) in [5.41, 5.74) is 8.45. The van der Waals surface area contributed by atoms with Crippen LogP contribution in [0.3, 0.4) is 0 Å². The van der Waals surface area contributed by atoms with Crippen LogP contribution in [0.4, 0.5) is 0 Å². The molecule has 13 heavy (non-hydrogen) atoms. The normalized spacial score (nSPS) is 19.5. The molecule has 2 rings (SSSR count). The first-order chi connectivity index (χ1) is 6.29. The number of rotatable bonds is 2. The number of aromatic nitrogens is 1. The lowest BCUT2D eigenvalue weighted by atomic mass is 9.78. The maximum atomic E-state index is 6.14. The number of nitrogens with zero attached hydrogens (tertiary/aromatic N) is 1. The molecule has 1 aliphatic carbocycles. The summed E-state index contributed by atoms with van der Waals surface area (Å²) in [5, 5.41) is 0. The zero-order valence-corrected chi connectivity index (χ0v) is 8.03. The van der Waals surface area contributed by atoms with Gasteiger partial charge in [-0.15, -0.1) is 0 Å². The Bertz CT molecular complexity index is 292. The summed E-state index contributed by atoms with van der Waals surface area (Å²) in [6.07, 6.45) is 5.72. The third-order valence-electron chi connectivity index (χ3n) is 3.02. The second-order valence-electron chi connectivity index (χ2n) is 3.92. The monoisotopic (exact) mass is 176 g/mol. The molecule has 2 nitrogen and oxygen atoms in total. The minimum absolute atomic E-state index is 0.162. The molecule has 1 heterocycles. The molecule has 1 aromatic rings. The Morgan fingerprint density at radius 1 is 1.54 bits per heavy atom. The van der Waals surface area contributed by atoms with Crippen LogP contribution in [0, 0.1) is 12.8 Å². The maximum Gasteiger partial charge on any atom is 0.0602 e. The Balaban J connectivity index is 2.18. The molecule has 0 spiro atoms. The van der Waals surface area contributed by atoms with Crippen molar-refractivity contribution in [3.8, 4) is 0 Å². The molecule has 0 unspecified atom stereocenters. The van der Waals surface area contributed by atoms with Gasteiger partial charge in [0.05, 0.1) is 11.7 Å². The minimum atomic E-state index is 0.162. The molecule has 0 radical (unpaired) electrons. The Hall–Kier alpha value is -0.890. The SMILES string of the molecule is Cc1cccnc1[C@@H](N)C1CCC1. The van der Waals surface area contributed by atoms with Gasteiger partial charge in [-0.3, -0.25) is 4.98 Å². The highest BCUT2D eigenvalue weighted by Gasteiger charge is 2.26. The van der Waals surface area contributed by atoms with E-state index in [1.54, 1.807) is 0 Å². The topological polar surface area (TPSA) is 38.9 Å². The molecule has 0 saturated heterocycles. The van der Waals surface area contributed by atoms with Gasteiger partial charge in [-0.2, -0.15) is 0 Å². The predicted octanol–water partition coefficient (Wildman–Crippen LogP) is 2.19. The summed E-state index contributed by atoms with van der Waals surface area (Å²) in [6.45, 7) is 2.08. The molecule has 2 N–H and O–H groups in total. The van der Waals surface area contributed by atoms with Crippen molar-refractivity contribution in [3.63, 3.8) is 0 Å². The van der Waals surface area contributed by atoms with E-state index in [0.29, 0.717) is 5.92 Å². The van der Waals surface area contributed by atoms with E-state index in [4.69, 9.17) is 5.73 Å². The zero-order valence-electron chi connectivity index (χ0n) is 8.03. The van der Waals surface area contributed by atoms with Crippen LogP contribution >= 0.6 is 0 Å². The molecule has 1 aliphatic rings. The Labute approximate surface area is 79.2 Å². The van der Waals surface area contributed by atoms with Crippen LogP contribution < -0.4 is 5.73 Å². The van der Waals surface area contributed by atoms with E-state index in [1.165, 1.54) is 24.8 Å². The van der Waals surface area contributed by atoms with Crippen molar-refractivity contribution in [3.05, 3.63) is 29.6 Å². The van der Waals surface area contributed by atoms with Crippen molar-refractivity contribution in [2.75, 3.05) is 0 Å². The molecular weight excluding hydrogens is 160 g/mol. The second kappa shape index (κ2) is 3.46. The molecule has 70 valence electrons. The number of nitrogens with two attached hydrogens (primary N) is 1. The van der Waals surface area contributed by atoms with Crippen molar-refractivity contribution in [1.82, 2.24) is 4.98 Å². The summed E-state index contributed by atoms with van der Waals surface area (Å²) < 4.78 is 0. The largest absolute Gasteiger partial charge is 0.322 e. The van der Waals surface area contributed by atoms with E-state index in [0.717, 1.165) is 5.69 Å². The van der Waals surface area contributed by atoms with Gasteiger partial charge in [-0.25, -0.2) is 0 Å². The smallest absolute Gasteiger partial charge is 0.0602 e. The molecule has 0 aromatic carbocycles. The van der Waals surface area contributed by atoms with E-state index in [1.807, 2.05) is 12.3 Å². The van der Waals surface area contributed by atoms with Gasteiger partial charge in [0.1, 0.15) is 0 Å². The fourth-order valence-corrected chi connectivity index (χ4v) is 1.87. The first-order valence-corrected chi connectivity index (χ1v) is 4.96. The highest BCUT2D eigenvalue weighted by Crippen LogP contribution is 2.36. The molecule has 1 saturated carbocycles. The van der Waals surface area contributed by atoms with Gasteiger partial charge in [0.2, 0.25) is 0 Å². The lowest BCUT2D eigenvalue weighted by Crippen LogP contribution is -2.28. The third-order valence-corrected chi connectivity index (χ3v) is 3.02. The predicted molar refractivity (Wildman–Crippen MR) is 53.2 cm³/mol. The standard InChI is InChI=1S/C11H16N2/c1-8-4-3-7-13-11(8)10(12)9-5-2-6-9/h3-4,7,9-10H,2,5-6,12H2,1H3/t10-/m0/s1. The van der Waals surface area contributed by atoms with Gasteiger partial charge in [0.25, 0.3) is 0 Å². The fraction of sp³-hybridized carbons (Fsp3) is 0.545. The van der Waals surface area contributed by atoms with E-state index in [2.05, 4.69) is 18.0 Å². The lowest BCUT2D eigenvalue weighted by Gasteiger charge is -2.31. The molecule has 0 aliphatic heterocycles. The van der Waals surface area contributed by atoms with Gasteiger partial charge in [0, 0.05) is 6.20 Å². The van der Waals surface area contributed by atoms with Crippen molar-refractivity contribution in [2.24, 2.45) is 11.7 Å². The second-order valence-corrected chi connectivity index (χ2v) is 3.92. The minimum Gasteiger partial charge on any atom is -0.322 e. The summed E-state index contributed by atoms with van der Waals surface area (Å²) in [4.78, 5) is 4.36. The van der Waals surface area contributed by atoms with E-state index in [9.17, 15) is 0 Å². The molecule has 1 aromatic heterocycles. The molecule has 1 fully saturated rings. The molecule has 1 atom stereocenters. The zero-order chi connectivity index (χ0) is 9.26. The van der Waals surface area contributed by atoms with Crippen LogP contribution in [-0.4, -0.2) is 4.98 Å².